The zero-order chi connectivity index (χ0) is 23.3. The lowest BCUT2D eigenvalue weighted by Gasteiger charge is -2.47. The fraction of sp³-hybridized carbons (Fsp3) is 0.500. The van der Waals surface area contributed by atoms with Crippen LogP contribution in [0.2, 0.25) is 5.02 Å². The summed E-state index contributed by atoms with van der Waals surface area (Å²) in [6, 6.07) is 4.87. The number of hydrogen-bond donors (Lipinski definition) is 1. The van der Waals surface area contributed by atoms with Crippen molar-refractivity contribution in [1.82, 2.24) is 0 Å². The van der Waals surface area contributed by atoms with Crippen LogP contribution in [-0.4, -0.2) is 66.2 Å². The van der Waals surface area contributed by atoms with Gasteiger partial charge in [-0.1, -0.05) is 11.6 Å². The molecule has 1 aliphatic heterocycles. The molecule has 1 saturated heterocycles. The highest BCUT2D eigenvalue weighted by Crippen LogP contribution is 2.32. The standard InChI is InChI=1S/C20H24ClNO9/c1-10(23)22(15-7-5-14(21)6-8-15)17-19(30-13(4)26)18(29-12(3)25)16(31-20(17)27)9-28-11(2)24/h5-8,16-20,27H,9H2,1-4H3/t16-,17-,18-,19-,20-/m1/s1. The number of rotatable bonds is 6. The Morgan fingerprint density at radius 1 is 0.968 bits per heavy atom. The fourth-order valence-electron chi connectivity index (χ4n) is 3.34. The van der Waals surface area contributed by atoms with Crippen molar-refractivity contribution in [1.29, 1.82) is 0 Å². The largest absolute Gasteiger partial charge is 0.463 e. The quantitative estimate of drug-likeness (QED) is 0.494. The van der Waals surface area contributed by atoms with Gasteiger partial charge in [0.1, 0.15) is 18.8 Å². The summed E-state index contributed by atoms with van der Waals surface area (Å²) in [5.41, 5.74) is 0.335. The van der Waals surface area contributed by atoms with Gasteiger partial charge in [-0.15, -0.1) is 0 Å². The van der Waals surface area contributed by atoms with Crippen LogP contribution in [0.4, 0.5) is 5.69 Å². The molecule has 1 aromatic carbocycles. The average molecular weight is 458 g/mol. The number of benzene rings is 1. The van der Waals surface area contributed by atoms with Crippen LogP contribution in [0.5, 0.6) is 0 Å². The van der Waals surface area contributed by atoms with E-state index in [9.17, 15) is 24.3 Å². The van der Waals surface area contributed by atoms with Gasteiger partial charge < -0.3 is 29.0 Å². The van der Waals surface area contributed by atoms with Crippen LogP contribution in [-0.2, 0) is 38.1 Å². The number of aliphatic hydroxyl groups is 1. The molecule has 1 fully saturated rings. The van der Waals surface area contributed by atoms with Gasteiger partial charge in [-0.2, -0.15) is 0 Å². The summed E-state index contributed by atoms with van der Waals surface area (Å²) < 4.78 is 21.2. The molecule has 0 aliphatic carbocycles. The molecule has 11 heteroatoms. The number of esters is 3. The first kappa shape index (κ1) is 24.6. The van der Waals surface area contributed by atoms with Crippen molar-refractivity contribution in [2.75, 3.05) is 11.5 Å². The molecular weight excluding hydrogens is 434 g/mol. The molecule has 1 amide bonds. The molecule has 2 rings (SSSR count). The molecule has 5 atom stereocenters. The number of carbonyl (C=O) groups excluding carboxylic acids is 4. The van der Waals surface area contributed by atoms with E-state index in [0.717, 1.165) is 18.7 Å². The van der Waals surface area contributed by atoms with Crippen molar-refractivity contribution in [3.05, 3.63) is 29.3 Å². The minimum atomic E-state index is -1.67. The van der Waals surface area contributed by atoms with Crippen LogP contribution < -0.4 is 4.90 Å². The molecule has 170 valence electrons. The number of anilines is 1. The van der Waals surface area contributed by atoms with Crippen LogP contribution in [0, 0.1) is 0 Å². The van der Waals surface area contributed by atoms with E-state index in [2.05, 4.69) is 0 Å². The molecule has 31 heavy (non-hydrogen) atoms. The molecular formula is C20H24ClNO9. The van der Waals surface area contributed by atoms with Crippen molar-refractivity contribution in [3.63, 3.8) is 0 Å². The molecule has 0 unspecified atom stereocenters. The number of carbonyl (C=O) groups is 4. The molecule has 1 N–H and O–H groups in total. The third-order valence-corrected chi connectivity index (χ3v) is 4.68. The summed E-state index contributed by atoms with van der Waals surface area (Å²) in [7, 11) is 0. The number of halogens is 1. The van der Waals surface area contributed by atoms with Crippen molar-refractivity contribution in [2.45, 2.75) is 58.3 Å². The molecule has 10 nitrogen and oxygen atoms in total. The maximum atomic E-state index is 12.5. The summed E-state index contributed by atoms with van der Waals surface area (Å²) in [6.07, 6.45) is -5.42. The second-order valence-corrected chi connectivity index (χ2v) is 7.31. The van der Waals surface area contributed by atoms with Gasteiger partial charge in [0.05, 0.1) is 0 Å². The number of aliphatic hydroxyl groups excluding tert-OH is 1. The van der Waals surface area contributed by atoms with E-state index >= 15 is 0 Å². The van der Waals surface area contributed by atoms with E-state index in [1.165, 1.54) is 38.1 Å². The lowest BCUT2D eigenvalue weighted by atomic mass is 9.94. The summed E-state index contributed by atoms with van der Waals surface area (Å²) in [6.45, 7) is 4.30. The lowest BCUT2D eigenvalue weighted by molar-refractivity contribution is -0.260. The number of nitrogens with zero attached hydrogens (tertiary/aromatic N) is 1. The van der Waals surface area contributed by atoms with Crippen LogP contribution in [0.1, 0.15) is 27.7 Å². The second kappa shape index (κ2) is 10.6. The molecule has 0 bridgehead atoms. The number of hydrogen-bond acceptors (Lipinski definition) is 9. The van der Waals surface area contributed by atoms with E-state index in [1.807, 2.05) is 0 Å². The Balaban J connectivity index is 2.52. The summed E-state index contributed by atoms with van der Waals surface area (Å²) >= 11 is 5.92. The highest BCUT2D eigenvalue weighted by atomic mass is 35.5. The van der Waals surface area contributed by atoms with E-state index < -0.39 is 54.5 Å². The Kier molecular flexibility index (Phi) is 8.37. The topological polar surface area (TPSA) is 129 Å². The van der Waals surface area contributed by atoms with Crippen LogP contribution in [0.15, 0.2) is 24.3 Å². The van der Waals surface area contributed by atoms with Crippen molar-refractivity contribution in [2.24, 2.45) is 0 Å². The highest BCUT2D eigenvalue weighted by molar-refractivity contribution is 6.30. The lowest BCUT2D eigenvalue weighted by Crippen LogP contribution is -2.67. The van der Waals surface area contributed by atoms with Crippen molar-refractivity contribution >= 4 is 41.1 Å². The van der Waals surface area contributed by atoms with E-state index in [-0.39, 0.29) is 6.61 Å². The SMILES string of the molecule is CC(=O)OC[C@H]1O[C@@H](O)[C@H](N(C(C)=O)c2ccc(Cl)cc2)[C@@H](OC(C)=O)[C@@H]1OC(C)=O. The molecule has 1 heterocycles. The normalized spacial score (nSPS) is 25.3. The van der Waals surface area contributed by atoms with E-state index in [0.29, 0.717) is 10.7 Å². The minimum absolute atomic E-state index is 0.335. The molecule has 1 aliphatic rings. The zero-order valence-corrected chi connectivity index (χ0v) is 18.2. The van der Waals surface area contributed by atoms with Gasteiger partial charge in [0.25, 0.3) is 0 Å². The molecule has 0 spiro atoms. The van der Waals surface area contributed by atoms with Crippen LogP contribution >= 0.6 is 11.6 Å². The molecule has 0 saturated carbocycles. The maximum Gasteiger partial charge on any atom is 0.303 e. The number of amides is 1. The monoisotopic (exact) mass is 457 g/mol. The Hall–Kier alpha value is -2.69. The first-order valence-corrected chi connectivity index (χ1v) is 9.75. The highest BCUT2D eigenvalue weighted by Gasteiger charge is 2.53. The predicted molar refractivity (Wildman–Crippen MR) is 107 cm³/mol. The Morgan fingerprint density at radius 2 is 1.52 bits per heavy atom. The second-order valence-electron chi connectivity index (χ2n) is 6.87. The van der Waals surface area contributed by atoms with Gasteiger partial charge >= 0.3 is 17.9 Å². The smallest absolute Gasteiger partial charge is 0.303 e. The van der Waals surface area contributed by atoms with E-state index in [4.69, 9.17) is 30.5 Å². The minimum Gasteiger partial charge on any atom is -0.463 e. The maximum absolute atomic E-state index is 12.5. The first-order valence-electron chi connectivity index (χ1n) is 9.38. The summed E-state index contributed by atoms with van der Waals surface area (Å²) in [5, 5.41) is 11.2. The molecule has 0 radical (unpaired) electrons. The third-order valence-electron chi connectivity index (χ3n) is 4.43. The number of ether oxygens (including phenoxy) is 4. The van der Waals surface area contributed by atoms with Gasteiger partial charge in [0.15, 0.2) is 18.5 Å². The van der Waals surface area contributed by atoms with Gasteiger partial charge in [-0.05, 0) is 24.3 Å². The van der Waals surface area contributed by atoms with Gasteiger partial charge in [-0.3, -0.25) is 19.2 Å². The van der Waals surface area contributed by atoms with Crippen LogP contribution in [0.25, 0.3) is 0 Å². The van der Waals surface area contributed by atoms with Crippen LogP contribution in [0.3, 0.4) is 0 Å². The van der Waals surface area contributed by atoms with Gasteiger partial charge in [0.2, 0.25) is 5.91 Å². The zero-order valence-electron chi connectivity index (χ0n) is 17.4. The Morgan fingerprint density at radius 3 is 2.00 bits per heavy atom. The van der Waals surface area contributed by atoms with Gasteiger partial charge in [-0.25, -0.2) is 0 Å². The summed E-state index contributed by atoms with van der Waals surface area (Å²) in [5.74, 6) is -2.61. The average Bonchev–Trinajstić information content (AvgIpc) is 2.65. The molecule has 1 aromatic rings. The summed E-state index contributed by atoms with van der Waals surface area (Å²) in [4.78, 5) is 48.5. The first-order chi connectivity index (χ1) is 14.5. The fourth-order valence-corrected chi connectivity index (χ4v) is 3.47. The Labute approximate surface area is 183 Å². The Bertz CT molecular complexity index is 828. The third kappa shape index (κ3) is 6.39. The van der Waals surface area contributed by atoms with Crippen molar-refractivity contribution in [3.8, 4) is 0 Å². The van der Waals surface area contributed by atoms with Gasteiger partial charge in [0, 0.05) is 38.4 Å². The van der Waals surface area contributed by atoms with E-state index in [1.54, 1.807) is 0 Å². The molecule has 0 aromatic heterocycles. The van der Waals surface area contributed by atoms with Crippen molar-refractivity contribution < 1.29 is 43.2 Å². The predicted octanol–water partition coefficient (Wildman–Crippen LogP) is 1.21.